The molecule has 1 aliphatic rings. The summed E-state index contributed by atoms with van der Waals surface area (Å²) in [5, 5.41) is 12.0. The summed E-state index contributed by atoms with van der Waals surface area (Å²) in [5.41, 5.74) is 1.55. The largest absolute Gasteiger partial charge is 0.497 e. The molecule has 1 amide bonds. The van der Waals surface area contributed by atoms with E-state index < -0.39 is 12.0 Å². The van der Waals surface area contributed by atoms with Crippen molar-refractivity contribution in [2.75, 3.05) is 7.11 Å². The molecule has 3 atom stereocenters. The number of oxazole rings is 1. The maximum absolute atomic E-state index is 12.6. The van der Waals surface area contributed by atoms with Gasteiger partial charge in [0.15, 0.2) is 0 Å². The average Bonchev–Trinajstić information content (AvgIpc) is 3.16. The number of carbonyl (C=O) groups excluding carboxylic acids is 1. The molecule has 1 heterocycles. The molecule has 1 aromatic carbocycles. The molecule has 0 unspecified atom stereocenters. The third-order valence-electron chi connectivity index (χ3n) is 5.89. The maximum Gasteiger partial charge on any atom is 0.326 e. The molecule has 32 heavy (non-hydrogen) atoms. The zero-order valence-corrected chi connectivity index (χ0v) is 19.1. The SMILES string of the molecule is COc1cccc(-c2nc(CO[C@@H]3CCC[C@H](C(=O)N[C@H](C(=O)O)C(C)C)C3)c(C)o2)c1. The third kappa shape index (κ3) is 5.88. The predicted octanol–water partition coefficient (Wildman–Crippen LogP) is 3.96. The predicted molar refractivity (Wildman–Crippen MR) is 118 cm³/mol. The number of nitrogens with zero attached hydrogens (tertiary/aromatic N) is 1. The van der Waals surface area contributed by atoms with E-state index in [2.05, 4.69) is 10.3 Å². The summed E-state index contributed by atoms with van der Waals surface area (Å²) in [7, 11) is 1.61. The zero-order chi connectivity index (χ0) is 23.3. The smallest absolute Gasteiger partial charge is 0.326 e. The molecule has 174 valence electrons. The summed E-state index contributed by atoms with van der Waals surface area (Å²) in [6.07, 6.45) is 2.93. The molecule has 8 nitrogen and oxygen atoms in total. The first-order valence-electron chi connectivity index (χ1n) is 11.0. The number of benzene rings is 1. The Morgan fingerprint density at radius 2 is 2.09 bits per heavy atom. The van der Waals surface area contributed by atoms with Crippen LogP contribution in [0.15, 0.2) is 28.7 Å². The van der Waals surface area contributed by atoms with Crippen LogP contribution < -0.4 is 10.1 Å². The highest BCUT2D eigenvalue weighted by Crippen LogP contribution is 2.29. The van der Waals surface area contributed by atoms with Gasteiger partial charge in [0, 0.05) is 11.5 Å². The van der Waals surface area contributed by atoms with Crippen molar-refractivity contribution >= 4 is 11.9 Å². The molecular weight excluding hydrogens is 412 g/mol. The van der Waals surface area contributed by atoms with Crippen LogP contribution in [0, 0.1) is 18.8 Å². The Kier molecular flexibility index (Phi) is 7.90. The molecule has 1 saturated carbocycles. The molecule has 0 saturated heterocycles. The average molecular weight is 445 g/mol. The fourth-order valence-corrected chi connectivity index (χ4v) is 3.96. The summed E-state index contributed by atoms with van der Waals surface area (Å²) in [6.45, 7) is 5.71. The Balaban J connectivity index is 1.58. The lowest BCUT2D eigenvalue weighted by molar-refractivity contribution is -0.144. The fourth-order valence-electron chi connectivity index (χ4n) is 3.96. The van der Waals surface area contributed by atoms with E-state index in [1.54, 1.807) is 21.0 Å². The van der Waals surface area contributed by atoms with Gasteiger partial charge in [-0.2, -0.15) is 0 Å². The number of methoxy groups -OCH3 is 1. The van der Waals surface area contributed by atoms with E-state index >= 15 is 0 Å². The van der Waals surface area contributed by atoms with Crippen LogP contribution in [0.25, 0.3) is 11.5 Å². The number of aryl methyl sites for hydroxylation is 1. The third-order valence-corrected chi connectivity index (χ3v) is 5.89. The van der Waals surface area contributed by atoms with Crippen molar-refractivity contribution in [2.24, 2.45) is 11.8 Å². The monoisotopic (exact) mass is 444 g/mol. The van der Waals surface area contributed by atoms with Crippen molar-refractivity contribution in [1.82, 2.24) is 10.3 Å². The Bertz CT molecular complexity index is 938. The lowest BCUT2D eigenvalue weighted by Crippen LogP contribution is -2.47. The molecule has 0 aliphatic heterocycles. The number of carboxylic acid groups (broad SMARTS) is 1. The van der Waals surface area contributed by atoms with Crippen molar-refractivity contribution in [1.29, 1.82) is 0 Å². The molecule has 2 aromatic rings. The van der Waals surface area contributed by atoms with Crippen LogP contribution in [0.5, 0.6) is 5.75 Å². The van der Waals surface area contributed by atoms with Crippen LogP contribution in [-0.4, -0.2) is 41.2 Å². The Morgan fingerprint density at radius 1 is 1.31 bits per heavy atom. The molecule has 3 rings (SSSR count). The van der Waals surface area contributed by atoms with Gasteiger partial charge in [0.1, 0.15) is 23.2 Å². The van der Waals surface area contributed by atoms with E-state index in [4.69, 9.17) is 13.9 Å². The van der Waals surface area contributed by atoms with Crippen molar-refractivity contribution in [2.45, 2.75) is 65.2 Å². The number of ether oxygens (including phenoxy) is 2. The number of amides is 1. The van der Waals surface area contributed by atoms with E-state index in [1.807, 2.05) is 31.2 Å². The van der Waals surface area contributed by atoms with Gasteiger partial charge in [-0.1, -0.05) is 26.3 Å². The first-order valence-corrected chi connectivity index (χ1v) is 11.0. The van der Waals surface area contributed by atoms with Gasteiger partial charge in [0.25, 0.3) is 0 Å². The van der Waals surface area contributed by atoms with E-state index in [0.29, 0.717) is 24.7 Å². The lowest BCUT2D eigenvalue weighted by Gasteiger charge is -2.29. The quantitative estimate of drug-likeness (QED) is 0.602. The number of hydrogen-bond acceptors (Lipinski definition) is 6. The number of rotatable bonds is 9. The van der Waals surface area contributed by atoms with Gasteiger partial charge < -0.3 is 24.3 Å². The van der Waals surface area contributed by atoms with Gasteiger partial charge in [-0.25, -0.2) is 9.78 Å². The maximum atomic E-state index is 12.6. The molecule has 2 N–H and O–H groups in total. The van der Waals surface area contributed by atoms with Crippen molar-refractivity contribution in [3.05, 3.63) is 35.7 Å². The van der Waals surface area contributed by atoms with Crippen LogP contribution >= 0.6 is 0 Å². The molecule has 1 fully saturated rings. The summed E-state index contributed by atoms with van der Waals surface area (Å²) >= 11 is 0. The Labute approximate surface area is 188 Å². The van der Waals surface area contributed by atoms with Crippen molar-refractivity contribution in [3.63, 3.8) is 0 Å². The van der Waals surface area contributed by atoms with Crippen LogP contribution in [0.1, 0.15) is 51.0 Å². The Morgan fingerprint density at radius 3 is 2.78 bits per heavy atom. The minimum Gasteiger partial charge on any atom is -0.497 e. The van der Waals surface area contributed by atoms with Crippen LogP contribution in [0.2, 0.25) is 0 Å². The Hall–Kier alpha value is -2.87. The fraction of sp³-hybridized carbons (Fsp3) is 0.542. The molecule has 1 aromatic heterocycles. The standard InChI is InChI=1S/C24H32N2O6/c1-14(2)21(24(28)29)26-22(27)16-7-5-10-19(11-16)31-13-20-15(3)32-23(25-20)17-8-6-9-18(12-17)30-4/h6,8-9,12,14,16,19,21H,5,7,10-11,13H2,1-4H3,(H,26,27)(H,28,29)/t16-,19+,21-/m0/s1. The second-order valence-electron chi connectivity index (χ2n) is 8.62. The number of aromatic nitrogens is 1. The van der Waals surface area contributed by atoms with Crippen LogP contribution in [0.3, 0.4) is 0 Å². The van der Waals surface area contributed by atoms with Gasteiger partial charge in [-0.05, 0) is 50.3 Å². The van der Waals surface area contributed by atoms with Crippen LogP contribution in [0.4, 0.5) is 0 Å². The van der Waals surface area contributed by atoms with Gasteiger partial charge in [-0.3, -0.25) is 4.79 Å². The second kappa shape index (κ2) is 10.6. The van der Waals surface area contributed by atoms with Gasteiger partial charge in [0.2, 0.25) is 11.8 Å². The molecule has 0 spiro atoms. The van der Waals surface area contributed by atoms with Crippen molar-refractivity contribution < 1.29 is 28.6 Å². The molecule has 8 heteroatoms. The molecule has 0 bridgehead atoms. The van der Waals surface area contributed by atoms with Gasteiger partial charge >= 0.3 is 5.97 Å². The number of carboxylic acids is 1. The second-order valence-corrected chi connectivity index (χ2v) is 8.62. The summed E-state index contributed by atoms with van der Waals surface area (Å²) in [6, 6.07) is 6.63. The first-order chi connectivity index (χ1) is 15.3. The first kappa shape index (κ1) is 23.8. The van der Waals surface area contributed by atoms with Crippen molar-refractivity contribution in [3.8, 4) is 17.2 Å². The molecular formula is C24H32N2O6. The van der Waals surface area contributed by atoms with E-state index in [-0.39, 0.29) is 23.8 Å². The van der Waals surface area contributed by atoms with Gasteiger partial charge in [0.05, 0.1) is 19.8 Å². The topological polar surface area (TPSA) is 111 Å². The van der Waals surface area contributed by atoms with Gasteiger partial charge in [-0.15, -0.1) is 0 Å². The number of hydrogen-bond donors (Lipinski definition) is 2. The summed E-state index contributed by atoms with van der Waals surface area (Å²) in [4.78, 5) is 28.6. The van der Waals surface area contributed by atoms with E-state index in [9.17, 15) is 14.7 Å². The number of aliphatic carboxylic acids is 1. The minimum absolute atomic E-state index is 0.0850. The summed E-state index contributed by atoms with van der Waals surface area (Å²) < 4.78 is 17.2. The normalized spacial score (nSPS) is 19.5. The highest BCUT2D eigenvalue weighted by Gasteiger charge is 2.31. The number of nitrogens with one attached hydrogen (secondary N) is 1. The van der Waals surface area contributed by atoms with E-state index in [0.717, 1.165) is 36.3 Å². The minimum atomic E-state index is -1.01. The van der Waals surface area contributed by atoms with Crippen LogP contribution in [-0.2, 0) is 20.9 Å². The zero-order valence-electron chi connectivity index (χ0n) is 19.1. The highest BCUT2D eigenvalue weighted by atomic mass is 16.5. The van der Waals surface area contributed by atoms with E-state index in [1.165, 1.54) is 0 Å². The number of carbonyl (C=O) groups is 2. The summed E-state index contributed by atoms with van der Waals surface area (Å²) in [5.74, 6) is 0.275. The highest BCUT2D eigenvalue weighted by molar-refractivity contribution is 5.85. The molecule has 1 aliphatic carbocycles. The lowest BCUT2D eigenvalue weighted by atomic mass is 9.86. The molecule has 0 radical (unpaired) electrons.